The van der Waals surface area contributed by atoms with Crippen molar-refractivity contribution < 1.29 is 13.7 Å². The van der Waals surface area contributed by atoms with E-state index in [-0.39, 0.29) is 18.0 Å². The summed E-state index contributed by atoms with van der Waals surface area (Å²) in [5.41, 5.74) is 1.05. The molecule has 2 atom stereocenters. The number of H-pyrrole nitrogens is 1. The molecule has 24 heavy (non-hydrogen) atoms. The van der Waals surface area contributed by atoms with Crippen LogP contribution in [0.15, 0.2) is 22.7 Å². The standard InChI is InChI=1S/C16H18FN5O2/c1-9-18-16(24-21-9)13-6-10(23-2)7-22(13)8-14-19-12-5-3-4-11(17)15(12)20-14/h3-5,10,13H,6-8H2,1-2H3,(H,19,20)/t10-,13-/m1/s1. The predicted molar refractivity (Wildman–Crippen MR) is 83.7 cm³/mol. The minimum Gasteiger partial charge on any atom is -0.380 e. The van der Waals surface area contributed by atoms with E-state index in [0.29, 0.717) is 35.1 Å². The number of ether oxygens (including phenoxy) is 1. The van der Waals surface area contributed by atoms with Gasteiger partial charge >= 0.3 is 0 Å². The summed E-state index contributed by atoms with van der Waals surface area (Å²) in [6, 6.07) is 4.86. The van der Waals surface area contributed by atoms with Crippen LogP contribution in [0.25, 0.3) is 11.0 Å². The molecular formula is C16H18FN5O2. The fourth-order valence-corrected chi connectivity index (χ4v) is 3.23. The number of methoxy groups -OCH3 is 1. The van der Waals surface area contributed by atoms with Crippen LogP contribution >= 0.6 is 0 Å². The van der Waals surface area contributed by atoms with E-state index in [1.807, 2.05) is 6.07 Å². The number of para-hydroxylation sites is 1. The Kier molecular flexibility index (Phi) is 3.78. The van der Waals surface area contributed by atoms with Crippen LogP contribution in [-0.4, -0.2) is 44.8 Å². The van der Waals surface area contributed by atoms with E-state index in [9.17, 15) is 4.39 Å². The summed E-state index contributed by atoms with van der Waals surface area (Å²) < 4.78 is 24.7. The van der Waals surface area contributed by atoms with Crippen LogP contribution in [0.1, 0.15) is 30.0 Å². The first-order valence-electron chi connectivity index (χ1n) is 7.84. The Labute approximate surface area is 137 Å². The van der Waals surface area contributed by atoms with Gasteiger partial charge in [0.1, 0.15) is 11.3 Å². The molecule has 1 aliphatic rings. The van der Waals surface area contributed by atoms with E-state index < -0.39 is 0 Å². The second kappa shape index (κ2) is 5.95. The smallest absolute Gasteiger partial charge is 0.244 e. The van der Waals surface area contributed by atoms with Crippen molar-refractivity contribution in [2.45, 2.75) is 32.0 Å². The third-order valence-corrected chi connectivity index (χ3v) is 4.39. The van der Waals surface area contributed by atoms with E-state index in [4.69, 9.17) is 9.26 Å². The molecule has 1 saturated heterocycles. The molecule has 1 aliphatic heterocycles. The summed E-state index contributed by atoms with van der Waals surface area (Å²) in [5, 5.41) is 3.87. The van der Waals surface area contributed by atoms with Gasteiger partial charge in [0.25, 0.3) is 0 Å². The molecule has 126 valence electrons. The summed E-state index contributed by atoms with van der Waals surface area (Å²) in [6.45, 7) is 3.05. The van der Waals surface area contributed by atoms with Crippen molar-refractivity contribution >= 4 is 11.0 Å². The lowest BCUT2D eigenvalue weighted by Gasteiger charge is -2.19. The molecule has 2 aromatic heterocycles. The molecule has 4 rings (SSSR count). The number of halogens is 1. The predicted octanol–water partition coefficient (Wildman–Crippen LogP) is 2.36. The van der Waals surface area contributed by atoms with Gasteiger partial charge in [-0.3, -0.25) is 4.90 Å². The van der Waals surface area contributed by atoms with Crippen molar-refractivity contribution in [3.8, 4) is 0 Å². The number of nitrogens with one attached hydrogen (secondary N) is 1. The number of nitrogens with zero attached hydrogens (tertiary/aromatic N) is 4. The Hall–Kier alpha value is -2.32. The number of likely N-dealkylation sites (tertiary alicyclic amines) is 1. The van der Waals surface area contributed by atoms with Crippen molar-refractivity contribution in [3.05, 3.63) is 41.6 Å². The highest BCUT2D eigenvalue weighted by atomic mass is 19.1. The number of aromatic amines is 1. The maximum Gasteiger partial charge on any atom is 0.244 e. The SMILES string of the molecule is CO[C@@H]1C[C@H](c2nc(C)no2)N(Cc2nc3c(F)cccc3[nH]2)C1. The highest BCUT2D eigenvalue weighted by molar-refractivity contribution is 5.75. The molecule has 0 amide bonds. The van der Waals surface area contributed by atoms with Gasteiger partial charge in [-0.2, -0.15) is 4.98 Å². The van der Waals surface area contributed by atoms with Crippen LogP contribution in [0.3, 0.4) is 0 Å². The van der Waals surface area contributed by atoms with Gasteiger partial charge in [-0.1, -0.05) is 11.2 Å². The van der Waals surface area contributed by atoms with E-state index >= 15 is 0 Å². The van der Waals surface area contributed by atoms with Crippen LogP contribution in [0, 0.1) is 12.7 Å². The van der Waals surface area contributed by atoms with Gasteiger partial charge in [0.05, 0.1) is 24.2 Å². The maximum atomic E-state index is 13.8. The maximum absolute atomic E-state index is 13.8. The number of hydrogen-bond acceptors (Lipinski definition) is 6. The van der Waals surface area contributed by atoms with E-state index in [0.717, 1.165) is 13.0 Å². The normalized spacial score (nSPS) is 21.8. The first-order chi connectivity index (χ1) is 11.6. The molecule has 0 saturated carbocycles. The average molecular weight is 331 g/mol. The summed E-state index contributed by atoms with van der Waals surface area (Å²) in [7, 11) is 1.70. The molecule has 1 N–H and O–H groups in total. The van der Waals surface area contributed by atoms with Crippen LogP contribution < -0.4 is 0 Å². The molecule has 1 aromatic carbocycles. The van der Waals surface area contributed by atoms with Crippen molar-refractivity contribution in [2.75, 3.05) is 13.7 Å². The van der Waals surface area contributed by atoms with Gasteiger partial charge in [0.15, 0.2) is 11.6 Å². The number of fused-ring (bicyclic) bond motifs is 1. The number of aryl methyl sites for hydroxylation is 1. The Morgan fingerprint density at radius 1 is 1.42 bits per heavy atom. The number of hydrogen-bond donors (Lipinski definition) is 1. The second-order valence-electron chi connectivity index (χ2n) is 6.04. The molecule has 7 nitrogen and oxygen atoms in total. The summed E-state index contributed by atoms with van der Waals surface area (Å²) >= 11 is 0. The van der Waals surface area contributed by atoms with Crippen molar-refractivity contribution in [1.29, 1.82) is 0 Å². The Balaban J connectivity index is 1.61. The Morgan fingerprint density at radius 2 is 2.29 bits per heavy atom. The summed E-state index contributed by atoms with van der Waals surface area (Å²) in [5.74, 6) is 1.56. The minimum atomic E-state index is -0.324. The zero-order chi connectivity index (χ0) is 16.7. The zero-order valence-corrected chi connectivity index (χ0v) is 13.5. The number of rotatable bonds is 4. The summed E-state index contributed by atoms with van der Waals surface area (Å²) in [4.78, 5) is 14.1. The average Bonchev–Trinajstić information content (AvgIpc) is 3.26. The highest BCUT2D eigenvalue weighted by Crippen LogP contribution is 2.33. The molecule has 1 fully saturated rings. The van der Waals surface area contributed by atoms with Gasteiger partial charge in [-0.25, -0.2) is 9.37 Å². The third kappa shape index (κ3) is 2.67. The highest BCUT2D eigenvalue weighted by Gasteiger charge is 2.37. The van der Waals surface area contributed by atoms with Gasteiger partial charge in [-0.15, -0.1) is 0 Å². The van der Waals surface area contributed by atoms with Crippen LogP contribution in [0.4, 0.5) is 4.39 Å². The minimum absolute atomic E-state index is 0.0331. The number of imidazole rings is 1. The van der Waals surface area contributed by atoms with Gasteiger partial charge < -0.3 is 14.2 Å². The fraction of sp³-hybridized carbons (Fsp3) is 0.438. The fourth-order valence-electron chi connectivity index (χ4n) is 3.23. The molecule has 0 radical (unpaired) electrons. The van der Waals surface area contributed by atoms with Crippen molar-refractivity contribution in [1.82, 2.24) is 25.0 Å². The van der Waals surface area contributed by atoms with Gasteiger partial charge in [0, 0.05) is 13.7 Å². The van der Waals surface area contributed by atoms with E-state index in [1.165, 1.54) is 6.07 Å². The zero-order valence-electron chi connectivity index (χ0n) is 13.5. The van der Waals surface area contributed by atoms with E-state index in [1.54, 1.807) is 20.1 Å². The second-order valence-corrected chi connectivity index (χ2v) is 6.04. The van der Waals surface area contributed by atoms with Crippen LogP contribution in [0.2, 0.25) is 0 Å². The Morgan fingerprint density at radius 3 is 3.00 bits per heavy atom. The van der Waals surface area contributed by atoms with Gasteiger partial charge in [-0.05, 0) is 25.5 Å². The topological polar surface area (TPSA) is 80.1 Å². The van der Waals surface area contributed by atoms with Crippen LogP contribution in [0.5, 0.6) is 0 Å². The van der Waals surface area contributed by atoms with Crippen molar-refractivity contribution in [2.24, 2.45) is 0 Å². The molecule has 3 heterocycles. The van der Waals surface area contributed by atoms with Gasteiger partial charge in [0.2, 0.25) is 5.89 Å². The van der Waals surface area contributed by atoms with Crippen molar-refractivity contribution in [3.63, 3.8) is 0 Å². The largest absolute Gasteiger partial charge is 0.380 e. The molecule has 0 bridgehead atoms. The molecule has 3 aromatic rings. The lowest BCUT2D eigenvalue weighted by Crippen LogP contribution is -2.25. The summed E-state index contributed by atoms with van der Waals surface area (Å²) in [6.07, 6.45) is 0.857. The van der Waals surface area contributed by atoms with Crippen LogP contribution in [-0.2, 0) is 11.3 Å². The molecule has 0 aliphatic carbocycles. The first kappa shape index (κ1) is 15.2. The monoisotopic (exact) mass is 331 g/mol. The lowest BCUT2D eigenvalue weighted by atomic mass is 10.2. The molecule has 8 heteroatoms. The lowest BCUT2D eigenvalue weighted by molar-refractivity contribution is 0.107. The van der Waals surface area contributed by atoms with E-state index in [2.05, 4.69) is 25.0 Å². The molecular weight excluding hydrogens is 313 g/mol. The number of aromatic nitrogens is 4. The molecule has 0 spiro atoms. The first-order valence-corrected chi connectivity index (χ1v) is 7.84. The quantitative estimate of drug-likeness (QED) is 0.790. The number of benzene rings is 1. The third-order valence-electron chi connectivity index (χ3n) is 4.39. The molecule has 0 unspecified atom stereocenters. The Bertz CT molecular complexity index is 861.